The molecule has 0 fully saturated rings. The van der Waals surface area contributed by atoms with Crippen molar-refractivity contribution < 1.29 is 28.6 Å². The number of carbonyl (C=O) groups excluding carboxylic acids is 3. The lowest BCUT2D eigenvalue weighted by Gasteiger charge is -2.18. The highest BCUT2D eigenvalue weighted by Gasteiger charge is 2.19. The number of carbonyl (C=O) groups is 3. The first-order valence-corrected chi connectivity index (χ1v) is 31.2. The Hall–Kier alpha value is -1.59. The van der Waals surface area contributed by atoms with E-state index in [0.717, 1.165) is 69.6 Å². The summed E-state index contributed by atoms with van der Waals surface area (Å²) in [6.45, 7) is 11.5. The molecule has 0 heterocycles. The number of hydrogen-bond acceptors (Lipinski definition) is 6. The van der Waals surface area contributed by atoms with Gasteiger partial charge in [-0.05, 0) is 31.1 Å². The number of hydrogen-bond donors (Lipinski definition) is 0. The van der Waals surface area contributed by atoms with Crippen molar-refractivity contribution in [1.29, 1.82) is 0 Å². The van der Waals surface area contributed by atoms with Crippen LogP contribution in [0, 0.1) is 11.8 Å². The normalized spacial score (nSPS) is 12.0. The van der Waals surface area contributed by atoms with Gasteiger partial charge < -0.3 is 14.2 Å². The first-order valence-electron chi connectivity index (χ1n) is 31.2. The third-order valence-electron chi connectivity index (χ3n) is 14.5. The summed E-state index contributed by atoms with van der Waals surface area (Å²) in [6, 6.07) is 0. The zero-order valence-electron chi connectivity index (χ0n) is 47.5. The third kappa shape index (κ3) is 57.2. The Morgan fingerprint density at radius 2 is 0.478 bits per heavy atom. The molecule has 1 atom stereocenters. The Morgan fingerprint density at radius 3 is 0.710 bits per heavy atom. The summed E-state index contributed by atoms with van der Waals surface area (Å²) in [6.07, 6.45) is 61.0. The second-order valence-corrected chi connectivity index (χ2v) is 22.6. The van der Waals surface area contributed by atoms with E-state index in [1.807, 2.05) is 0 Å². The molecule has 0 aromatic carbocycles. The molecule has 410 valence electrons. The zero-order chi connectivity index (χ0) is 50.4. The van der Waals surface area contributed by atoms with Gasteiger partial charge in [-0.25, -0.2) is 0 Å². The van der Waals surface area contributed by atoms with Crippen molar-refractivity contribution in [1.82, 2.24) is 0 Å². The third-order valence-corrected chi connectivity index (χ3v) is 14.5. The molecule has 0 N–H and O–H groups in total. The van der Waals surface area contributed by atoms with Crippen LogP contribution in [0.1, 0.15) is 356 Å². The van der Waals surface area contributed by atoms with Gasteiger partial charge >= 0.3 is 17.9 Å². The van der Waals surface area contributed by atoms with E-state index in [1.54, 1.807) is 0 Å². The van der Waals surface area contributed by atoms with Crippen LogP contribution >= 0.6 is 0 Å². The number of unbranched alkanes of at least 4 members (excludes halogenated alkanes) is 42. The highest BCUT2D eigenvalue weighted by molar-refractivity contribution is 5.71. The summed E-state index contributed by atoms with van der Waals surface area (Å²) in [7, 11) is 0. The van der Waals surface area contributed by atoms with Crippen molar-refractivity contribution in [3.05, 3.63) is 0 Å². The second-order valence-electron chi connectivity index (χ2n) is 22.6. The van der Waals surface area contributed by atoms with Crippen LogP contribution in [0.15, 0.2) is 0 Å². The molecule has 0 aliphatic carbocycles. The zero-order valence-corrected chi connectivity index (χ0v) is 47.5. The fourth-order valence-electron chi connectivity index (χ4n) is 9.76. The van der Waals surface area contributed by atoms with Crippen LogP contribution in [0.4, 0.5) is 0 Å². The molecule has 69 heavy (non-hydrogen) atoms. The lowest BCUT2D eigenvalue weighted by molar-refractivity contribution is -0.167. The highest BCUT2D eigenvalue weighted by atomic mass is 16.6. The van der Waals surface area contributed by atoms with E-state index in [2.05, 4.69) is 34.6 Å². The molecule has 0 aliphatic heterocycles. The van der Waals surface area contributed by atoms with Crippen molar-refractivity contribution in [3.63, 3.8) is 0 Å². The van der Waals surface area contributed by atoms with E-state index in [1.165, 1.54) is 244 Å². The van der Waals surface area contributed by atoms with E-state index in [0.29, 0.717) is 19.3 Å². The van der Waals surface area contributed by atoms with Crippen LogP contribution in [-0.2, 0) is 28.6 Å². The smallest absolute Gasteiger partial charge is 0.306 e. The molecule has 6 nitrogen and oxygen atoms in total. The van der Waals surface area contributed by atoms with Gasteiger partial charge in [0.05, 0.1) is 0 Å². The molecule has 0 aromatic heterocycles. The van der Waals surface area contributed by atoms with Gasteiger partial charge in [-0.15, -0.1) is 0 Å². The maximum absolute atomic E-state index is 12.9. The summed E-state index contributed by atoms with van der Waals surface area (Å²) < 4.78 is 16.9. The molecule has 0 aliphatic rings. The van der Waals surface area contributed by atoms with Gasteiger partial charge in [0, 0.05) is 19.3 Å². The Bertz CT molecular complexity index is 1060. The number of esters is 3. The first-order chi connectivity index (χ1) is 33.7. The van der Waals surface area contributed by atoms with Crippen LogP contribution in [0.3, 0.4) is 0 Å². The summed E-state index contributed by atoms with van der Waals surface area (Å²) in [4.78, 5) is 38.3. The molecule has 0 aromatic rings. The average Bonchev–Trinajstić information content (AvgIpc) is 3.32. The van der Waals surface area contributed by atoms with E-state index in [4.69, 9.17) is 14.2 Å². The summed E-state index contributed by atoms with van der Waals surface area (Å²) in [5.41, 5.74) is 0. The molecule has 0 bridgehead atoms. The molecule has 6 heteroatoms. The average molecular weight is 976 g/mol. The van der Waals surface area contributed by atoms with Gasteiger partial charge in [0.25, 0.3) is 0 Å². The Labute approximate surface area is 431 Å². The van der Waals surface area contributed by atoms with Gasteiger partial charge in [0.1, 0.15) is 13.2 Å². The SMILES string of the molecule is CCCCCCCCCCCCCCCCC(=O)OC[C@@H](COC(=O)CCCCCCCCCCCCCCCCCC(C)C)OC(=O)CCCCCCCCCCCCCCCCCCC(C)C. The van der Waals surface area contributed by atoms with E-state index < -0.39 is 6.10 Å². The van der Waals surface area contributed by atoms with Gasteiger partial charge in [-0.2, -0.15) is 0 Å². The molecule has 0 unspecified atom stereocenters. The monoisotopic (exact) mass is 975 g/mol. The minimum Gasteiger partial charge on any atom is -0.462 e. The lowest BCUT2D eigenvalue weighted by atomic mass is 10.0. The first kappa shape index (κ1) is 67.4. The van der Waals surface area contributed by atoms with Crippen LogP contribution in [0.5, 0.6) is 0 Å². The van der Waals surface area contributed by atoms with E-state index in [9.17, 15) is 14.4 Å². The molecule has 0 rings (SSSR count). The van der Waals surface area contributed by atoms with Crippen molar-refractivity contribution in [2.75, 3.05) is 13.2 Å². The minimum atomic E-state index is -0.763. The van der Waals surface area contributed by atoms with Crippen LogP contribution in [0.25, 0.3) is 0 Å². The summed E-state index contributed by atoms with van der Waals surface area (Å²) >= 11 is 0. The molecule has 0 saturated carbocycles. The molecule has 0 saturated heterocycles. The van der Waals surface area contributed by atoms with Gasteiger partial charge in [0.2, 0.25) is 0 Å². The quantitative estimate of drug-likeness (QED) is 0.0343. The summed E-state index contributed by atoms with van der Waals surface area (Å²) in [5, 5.41) is 0. The fourth-order valence-corrected chi connectivity index (χ4v) is 9.76. The maximum Gasteiger partial charge on any atom is 0.306 e. The van der Waals surface area contributed by atoms with Crippen molar-refractivity contribution in [2.24, 2.45) is 11.8 Å². The van der Waals surface area contributed by atoms with Crippen LogP contribution in [-0.4, -0.2) is 37.2 Å². The topological polar surface area (TPSA) is 78.9 Å². The Kier molecular flexibility index (Phi) is 54.4. The van der Waals surface area contributed by atoms with E-state index in [-0.39, 0.29) is 31.1 Å². The van der Waals surface area contributed by atoms with E-state index >= 15 is 0 Å². The largest absolute Gasteiger partial charge is 0.462 e. The molecule has 0 spiro atoms. The predicted octanol–water partition coefficient (Wildman–Crippen LogP) is 20.8. The fraction of sp³-hybridized carbons (Fsp3) is 0.952. The van der Waals surface area contributed by atoms with Gasteiger partial charge in [0.15, 0.2) is 6.10 Å². The molecule has 0 radical (unpaired) electrons. The minimum absolute atomic E-state index is 0.0619. The predicted molar refractivity (Wildman–Crippen MR) is 298 cm³/mol. The Morgan fingerprint density at radius 1 is 0.275 bits per heavy atom. The lowest BCUT2D eigenvalue weighted by Crippen LogP contribution is -2.30. The van der Waals surface area contributed by atoms with Crippen molar-refractivity contribution in [2.45, 2.75) is 362 Å². The standard InChI is InChI=1S/C63H122O6/c1-6-7-8-9-10-11-12-13-23-28-33-38-43-48-53-61(64)67-56-60(57-68-62(65)54-49-44-39-34-29-24-20-16-18-22-27-32-37-42-47-52-59(4)5)69-63(66)55-50-45-40-35-30-25-19-15-14-17-21-26-31-36-41-46-51-58(2)3/h58-60H,6-57H2,1-5H3/t60-/m0/s1. The molecule has 0 amide bonds. The van der Waals surface area contributed by atoms with Crippen molar-refractivity contribution in [3.8, 4) is 0 Å². The summed E-state index contributed by atoms with van der Waals surface area (Å²) in [5.74, 6) is 0.869. The van der Waals surface area contributed by atoms with Gasteiger partial charge in [-0.1, -0.05) is 317 Å². The molecular weight excluding hydrogens is 853 g/mol. The van der Waals surface area contributed by atoms with Crippen LogP contribution in [0.2, 0.25) is 0 Å². The Balaban J connectivity index is 4.28. The highest BCUT2D eigenvalue weighted by Crippen LogP contribution is 2.19. The number of ether oxygens (including phenoxy) is 3. The van der Waals surface area contributed by atoms with Gasteiger partial charge in [-0.3, -0.25) is 14.4 Å². The van der Waals surface area contributed by atoms with Crippen molar-refractivity contribution >= 4 is 17.9 Å². The number of rotatable bonds is 57. The second kappa shape index (κ2) is 55.7. The molecular formula is C63H122O6. The van der Waals surface area contributed by atoms with Crippen LogP contribution < -0.4 is 0 Å². The maximum atomic E-state index is 12.9.